The number of aliphatic imine (C=N–C) groups is 1. The minimum Gasteiger partial charge on any atom is -0.466 e. The molecule has 1 aromatic carbocycles. The lowest BCUT2D eigenvalue weighted by Gasteiger charge is -2.34. The molecule has 2 aliphatic heterocycles. The topological polar surface area (TPSA) is 74.2 Å². The highest BCUT2D eigenvalue weighted by Gasteiger charge is 2.28. The SMILES string of the molecule is CCNC(=NCc1ccc(C(=O)N2CCCCC2)cc1)N1CCCC(C(=O)OCC)C1.I. The number of carbonyl (C=O) groups excluding carboxylic acids is 2. The van der Waals surface area contributed by atoms with E-state index in [0.29, 0.717) is 19.7 Å². The first-order chi connectivity index (χ1) is 15.1. The molecule has 0 saturated carbocycles. The van der Waals surface area contributed by atoms with Crippen molar-refractivity contribution in [2.24, 2.45) is 10.9 Å². The number of ether oxygens (including phenoxy) is 1. The molecule has 0 aromatic heterocycles. The standard InChI is InChI=1S/C24H36N4O3.HI/c1-3-25-24(28-16-8-9-21(18-28)23(30)31-4-2)26-17-19-10-12-20(13-11-19)22(29)27-14-6-5-7-15-27;/h10-13,21H,3-9,14-18H2,1-2H3,(H,25,26);1H. The van der Waals surface area contributed by atoms with Crippen LogP contribution in [0.2, 0.25) is 0 Å². The Labute approximate surface area is 209 Å². The first-order valence-electron chi connectivity index (χ1n) is 11.7. The highest BCUT2D eigenvalue weighted by molar-refractivity contribution is 14.0. The van der Waals surface area contributed by atoms with Gasteiger partial charge in [0.25, 0.3) is 5.91 Å². The van der Waals surface area contributed by atoms with Crippen LogP contribution < -0.4 is 5.32 Å². The van der Waals surface area contributed by atoms with Gasteiger partial charge in [-0.25, -0.2) is 4.99 Å². The summed E-state index contributed by atoms with van der Waals surface area (Å²) in [5.41, 5.74) is 1.80. The van der Waals surface area contributed by atoms with Gasteiger partial charge in [-0.3, -0.25) is 9.59 Å². The van der Waals surface area contributed by atoms with E-state index in [1.54, 1.807) is 0 Å². The summed E-state index contributed by atoms with van der Waals surface area (Å²) >= 11 is 0. The normalized spacial score (nSPS) is 19.2. The number of carbonyl (C=O) groups is 2. The number of nitrogens with zero attached hydrogens (tertiary/aromatic N) is 3. The molecule has 2 aliphatic rings. The molecule has 1 N–H and O–H groups in total. The van der Waals surface area contributed by atoms with Gasteiger partial charge < -0.3 is 19.9 Å². The van der Waals surface area contributed by atoms with Crippen LogP contribution in [0.3, 0.4) is 0 Å². The lowest BCUT2D eigenvalue weighted by molar-refractivity contribution is -0.149. The van der Waals surface area contributed by atoms with Crippen LogP contribution in [-0.2, 0) is 16.1 Å². The van der Waals surface area contributed by atoms with Crippen LogP contribution in [-0.4, -0.2) is 67.0 Å². The van der Waals surface area contributed by atoms with Crippen molar-refractivity contribution < 1.29 is 14.3 Å². The number of esters is 1. The van der Waals surface area contributed by atoms with Gasteiger partial charge in [0.2, 0.25) is 0 Å². The maximum Gasteiger partial charge on any atom is 0.310 e. The van der Waals surface area contributed by atoms with Gasteiger partial charge in [0.15, 0.2) is 5.96 Å². The Kier molecular flexibility index (Phi) is 11.3. The minimum atomic E-state index is -0.114. The molecule has 0 spiro atoms. The summed E-state index contributed by atoms with van der Waals surface area (Å²) in [6.45, 7) is 8.83. The number of amides is 1. The van der Waals surface area contributed by atoms with Gasteiger partial charge in [0, 0.05) is 38.3 Å². The van der Waals surface area contributed by atoms with Crippen molar-refractivity contribution in [1.29, 1.82) is 0 Å². The van der Waals surface area contributed by atoms with E-state index >= 15 is 0 Å². The van der Waals surface area contributed by atoms with E-state index in [1.165, 1.54) is 6.42 Å². The van der Waals surface area contributed by atoms with Crippen molar-refractivity contribution in [3.05, 3.63) is 35.4 Å². The van der Waals surface area contributed by atoms with Gasteiger partial charge in [-0.2, -0.15) is 0 Å². The quantitative estimate of drug-likeness (QED) is 0.251. The van der Waals surface area contributed by atoms with Gasteiger partial charge in [-0.05, 0) is 63.6 Å². The molecule has 178 valence electrons. The third-order valence-corrected chi connectivity index (χ3v) is 5.93. The molecule has 8 heteroatoms. The molecule has 1 aromatic rings. The molecule has 2 heterocycles. The van der Waals surface area contributed by atoms with Crippen molar-refractivity contribution in [2.45, 2.75) is 52.5 Å². The van der Waals surface area contributed by atoms with Crippen molar-refractivity contribution in [3.8, 4) is 0 Å². The number of likely N-dealkylation sites (tertiary alicyclic amines) is 2. The van der Waals surface area contributed by atoms with E-state index in [0.717, 1.165) is 68.9 Å². The molecule has 32 heavy (non-hydrogen) atoms. The largest absolute Gasteiger partial charge is 0.466 e. The van der Waals surface area contributed by atoms with Crippen molar-refractivity contribution in [1.82, 2.24) is 15.1 Å². The van der Waals surface area contributed by atoms with Crippen LogP contribution in [0.1, 0.15) is 61.9 Å². The van der Waals surface area contributed by atoms with E-state index in [2.05, 4.69) is 10.2 Å². The molecule has 0 bridgehead atoms. The highest BCUT2D eigenvalue weighted by Crippen LogP contribution is 2.19. The van der Waals surface area contributed by atoms with E-state index in [-0.39, 0.29) is 41.8 Å². The summed E-state index contributed by atoms with van der Waals surface area (Å²) in [6, 6.07) is 7.79. The fourth-order valence-electron chi connectivity index (χ4n) is 4.25. The third kappa shape index (κ3) is 7.35. The van der Waals surface area contributed by atoms with Crippen LogP contribution in [0.4, 0.5) is 0 Å². The Balaban J connectivity index is 0.00000363. The molecule has 1 atom stereocenters. The van der Waals surface area contributed by atoms with E-state index in [4.69, 9.17) is 9.73 Å². The molecule has 0 radical (unpaired) electrons. The van der Waals surface area contributed by atoms with Crippen LogP contribution in [0, 0.1) is 5.92 Å². The van der Waals surface area contributed by atoms with Crippen LogP contribution in [0.5, 0.6) is 0 Å². The van der Waals surface area contributed by atoms with Crippen LogP contribution in [0.25, 0.3) is 0 Å². The van der Waals surface area contributed by atoms with Crippen LogP contribution in [0.15, 0.2) is 29.3 Å². The second-order valence-corrected chi connectivity index (χ2v) is 8.26. The molecule has 1 amide bonds. The molecule has 2 fully saturated rings. The molecular weight excluding hydrogens is 519 g/mol. The molecule has 2 saturated heterocycles. The predicted octanol–water partition coefficient (Wildman–Crippen LogP) is 3.67. The average molecular weight is 556 g/mol. The zero-order chi connectivity index (χ0) is 22.1. The van der Waals surface area contributed by atoms with Crippen LogP contribution >= 0.6 is 24.0 Å². The van der Waals surface area contributed by atoms with Gasteiger partial charge in [0.05, 0.1) is 19.1 Å². The molecule has 0 aliphatic carbocycles. The molecule has 1 unspecified atom stereocenters. The molecule has 7 nitrogen and oxygen atoms in total. The Morgan fingerprint density at radius 2 is 1.72 bits per heavy atom. The molecular formula is C24H37IN4O3. The fraction of sp³-hybridized carbons (Fsp3) is 0.625. The lowest BCUT2D eigenvalue weighted by Crippen LogP contribution is -2.48. The van der Waals surface area contributed by atoms with E-state index in [1.807, 2.05) is 43.0 Å². The minimum absolute atomic E-state index is 0. The summed E-state index contributed by atoms with van der Waals surface area (Å²) < 4.78 is 5.22. The number of nitrogens with one attached hydrogen (secondary N) is 1. The summed E-state index contributed by atoms with van der Waals surface area (Å²) in [4.78, 5) is 33.7. The van der Waals surface area contributed by atoms with E-state index < -0.39 is 0 Å². The van der Waals surface area contributed by atoms with Gasteiger partial charge in [-0.1, -0.05) is 12.1 Å². The monoisotopic (exact) mass is 556 g/mol. The zero-order valence-electron chi connectivity index (χ0n) is 19.3. The average Bonchev–Trinajstić information content (AvgIpc) is 2.82. The maximum atomic E-state index is 12.6. The summed E-state index contributed by atoms with van der Waals surface area (Å²) in [7, 11) is 0. The van der Waals surface area contributed by atoms with Gasteiger partial charge >= 0.3 is 5.97 Å². The number of hydrogen-bond donors (Lipinski definition) is 1. The lowest BCUT2D eigenvalue weighted by atomic mass is 9.98. The smallest absolute Gasteiger partial charge is 0.310 e. The third-order valence-electron chi connectivity index (χ3n) is 5.93. The number of hydrogen-bond acceptors (Lipinski definition) is 4. The second kappa shape index (κ2) is 13.6. The Morgan fingerprint density at radius 1 is 1.03 bits per heavy atom. The Bertz CT molecular complexity index is 763. The number of benzene rings is 1. The number of rotatable bonds is 6. The summed E-state index contributed by atoms with van der Waals surface area (Å²) in [5.74, 6) is 0.737. The fourth-order valence-corrected chi connectivity index (χ4v) is 4.25. The second-order valence-electron chi connectivity index (χ2n) is 8.26. The maximum absolute atomic E-state index is 12.6. The van der Waals surface area contributed by atoms with Gasteiger partial charge in [0.1, 0.15) is 0 Å². The summed E-state index contributed by atoms with van der Waals surface area (Å²) in [5, 5.41) is 3.35. The van der Waals surface area contributed by atoms with E-state index in [9.17, 15) is 9.59 Å². The number of halogens is 1. The van der Waals surface area contributed by atoms with Crippen molar-refractivity contribution >= 4 is 41.8 Å². The number of guanidine groups is 1. The highest BCUT2D eigenvalue weighted by atomic mass is 127. The zero-order valence-corrected chi connectivity index (χ0v) is 21.7. The molecule has 3 rings (SSSR count). The van der Waals surface area contributed by atoms with Gasteiger partial charge in [-0.15, -0.1) is 24.0 Å². The first-order valence-corrected chi connectivity index (χ1v) is 11.7. The predicted molar refractivity (Wildman–Crippen MR) is 137 cm³/mol. The van der Waals surface area contributed by atoms with Crippen molar-refractivity contribution in [2.75, 3.05) is 39.3 Å². The number of piperidine rings is 2. The Morgan fingerprint density at radius 3 is 2.38 bits per heavy atom. The van der Waals surface area contributed by atoms with Crippen molar-refractivity contribution in [3.63, 3.8) is 0 Å². The first kappa shape index (κ1) is 26.4. The Hall–Kier alpha value is -1.84. The summed E-state index contributed by atoms with van der Waals surface area (Å²) in [6.07, 6.45) is 5.22.